The lowest BCUT2D eigenvalue weighted by molar-refractivity contribution is 0.102. The van der Waals surface area contributed by atoms with E-state index in [1.54, 1.807) is 36.4 Å². The van der Waals surface area contributed by atoms with E-state index in [-0.39, 0.29) is 5.91 Å². The fourth-order valence-corrected chi connectivity index (χ4v) is 2.30. The fraction of sp³-hybridized carbons (Fsp3) is 0.133. The number of hydrogen-bond acceptors (Lipinski definition) is 3. The second-order valence-electron chi connectivity index (χ2n) is 4.14. The van der Waals surface area contributed by atoms with E-state index >= 15 is 0 Å². The lowest BCUT2D eigenvalue weighted by Crippen LogP contribution is -2.13. The van der Waals surface area contributed by atoms with Crippen LogP contribution in [0, 0.1) is 0 Å². The van der Waals surface area contributed by atoms with Crippen molar-refractivity contribution in [2.24, 2.45) is 0 Å². The number of halogens is 2. The molecule has 0 bridgehead atoms. The van der Waals surface area contributed by atoms with Crippen LogP contribution in [-0.2, 0) is 0 Å². The predicted molar refractivity (Wildman–Crippen MR) is 86.7 cm³/mol. The highest BCUT2D eigenvalue weighted by Gasteiger charge is 2.15. The molecule has 2 aromatic carbocycles. The van der Waals surface area contributed by atoms with Crippen molar-refractivity contribution in [3.8, 4) is 11.5 Å². The number of rotatable bonds is 4. The molecule has 4 nitrogen and oxygen atoms in total. The van der Waals surface area contributed by atoms with Gasteiger partial charge in [0, 0.05) is 4.47 Å². The number of anilines is 1. The second kappa shape index (κ2) is 6.83. The van der Waals surface area contributed by atoms with Gasteiger partial charge < -0.3 is 14.8 Å². The number of nitrogens with one attached hydrogen (secondary N) is 1. The van der Waals surface area contributed by atoms with Crippen LogP contribution in [0.25, 0.3) is 0 Å². The maximum absolute atomic E-state index is 12.4. The summed E-state index contributed by atoms with van der Waals surface area (Å²) in [6, 6.07) is 10.2. The zero-order chi connectivity index (χ0) is 15.4. The molecule has 0 atom stereocenters. The summed E-state index contributed by atoms with van der Waals surface area (Å²) in [4.78, 5) is 12.4. The Morgan fingerprint density at radius 3 is 2.57 bits per heavy atom. The molecule has 0 radical (unpaired) electrons. The first-order valence-electron chi connectivity index (χ1n) is 6.03. The van der Waals surface area contributed by atoms with Crippen LogP contribution in [-0.4, -0.2) is 20.1 Å². The Morgan fingerprint density at radius 2 is 1.90 bits per heavy atom. The summed E-state index contributed by atoms with van der Waals surface area (Å²) in [5.74, 6) is 0.700. The SMILES string of the molecule is COc1ccc(OC)c(C(=O)Nc2cc(Br)ccc2Cl)c1. The van der Waals surface area contributed by atoms with Gasteiger partial charge in [-0.25, -0.2) is 0 Å². The van der Waals surface area contributed by atoms with E-state index in [1.807, 2.05) is 0 Å². The van der Waals surface area contributed by atoms with Gasteiger partial charge in [0.1, 0.15) is 11.5 Å². The molecular formula is C15H13BrClNO3. The number of amides is 1. The molecule has 21 heavy (non-hydrogen) atoms. The monoisotopic (exact) mass is 369 g/mol. The Labute approximate surface area is 136 Å². The largest absolute Gasteiger partial charge is 0.497 e. The summed E-state index contributed by atoms with van der Waals surface area (Å²) in [6.45, 7) is 0. The zero-order valence-electron chi connectivity index (χ0n) is 11.4. The van der Waals surface area contributed by atoms with Crippen LogP contribution in [0.3, 0.4) is 0 Å². The topological polar surface area (TPSA) is 47.6 Å². The van der Waals surface area contributed by atoms with Crippen LogP contribution in [0.4, 0.5) is 5.69 Å². The minimum atomic E-state index is -0.328. The minimum Gasteiger partial charge on any atom is -0.497 e. The predicted octanol–water partition coefficient (Wildman–Crippen LogP) is 4.37. The van der Waals surface area contributed by atoms with Crippen LogP contribution in [0.1, 0.15) is 10.4 Å². The highest BCUT2D eigenvalue weighted by molar-refractivity contribution is 9.10. The van der Waals surface area contributed by atoms with Gasteiger partial charge in [0.2, 0.25) is 0 Å². The highest BCUT2D eigenvalue weighted by Crippen LogP contribution is 2.28. The van der Waals surface area contributed by atoms with Gasteiger partial charge in [0.05, 0.1) is 30.5 Å². The van der Waals surface area contributed by atoms with E-state index in [0.29, 0.717) is 27.8 Å². The van der Waals surface area contributed by atoms with Gasteiger partial charge in [0.25, 0.3) is 5.91 Å². The van der Waals surface area contributed by atoms with Crippen LogP contribution in [0.5, 0.6) is 11.5 Å². The van der Waals surface area contributed by atoms with Gasteiger partial charge in [-0.3, -0.25) is 4.79 Å². The number of benzene rings is 2. The van der Waals surface area contributed by atoms with Gasteiger partial charge in [-0.05, 0) is 36.4 Å². The van der Waals surface area contributed by atoms with E-state index < -0.39 is 0 Å². The summed E-state index contributed by atoms with van der Waals surface area (Å²) in [7, 11) is 3.04. The quantitative estimate of drug-likeness (QED) is 0.869. The molecule has 0 aliphatic heterocycles. The lowest BCUT2D eigenvalue weighted by Gasteiger charge is -2.12. The van der Waals surface area contributed by atoms with Gasteiger partial charge in [-0.15, -0.1) is 0 Å². The van der Waals surface area contributed by atoms with Crippen LogP contribution < -0.4 is 14.8 Å². The first kappa shape index (κ1) is 15.7. The molecule has 0 saturated heterocycles. The molecule has 0 heterocycles. The van der Waals surface area contributed by atoms with E-state index in [0.717, 1.165) is 4.47 Å². The molecule has 0 aliphatic carbocycles. The van der Waals surface area contributed by atoms with Crippen molar-refractivity contribution in [2.45, 2.75) is 0 Å². The third kappa shape index (κ3) is 3.68. The van der Waals surface area contributed by atoms with E-state index in [9.17, 15) is 4.79 Å². The summed E-state index contributed by atoms with van der Waals surface area (Å²) in [6.07, 6.45) is 0. The Hall–Kier alpha value is -1.72. The van der Waals surface area contributed by atoms with Crippen molar-refractivity contribution in [3.63, 3.8) is 0 Å². The smallest absolute Gasteiger partial charge is 0.259 e. The Bertz CT molecular complexity index is 676. The first-order valence-corrected chi connectivity index (χ1v) is 7.20. The van der Waals surface area contributed by atoms with E-state index in [4.69, 9.17) is 21.1 Å². The zero-order valence-corrected chi connectivity index (χ0v) is 13.8. The Morgan fingerprint density at radius 1 is 1.14 bits per heavy atom. The number of ether oxygens (including phenoxy) is 2. The molecule has 1 N–H and O–H groups in total. The summed E-state index contributed by atoms with van der Waals surface area (Å²) in [5, 5.41) is 3.21. The third-order valence-corrected chi connectivity index (χ3v) is 3.65. The molecular weight excluding hydrogens is 358 g/mol. The molecule has 2 rings (SSSR count). The van der Waals surface area contributed by atoms with Crippen LogP contribution >= 0.6 is 27.5 Å². The molecule has 110 valence electrons. The Balaban J connectivity index is 2.33. The maximum atomic E-state index is 12.4. The van der Waals surface area contributed by atoms with Gasteiger partial charge in [-0.1, -0.05) is 27.5 Å². The van der Waals surface area contributed by atoms with Crippen LogP contribution in [0.15, 0.2) is 40.9 Å². The normalized spacial score (nSPS) is 10.1. The van der Waals surface area contributed by atoms with Crippen molar-refractivity contribution in [3.05, 3.63) is 51.5 Å². The van der Waals surface area contributed by atoms with Crippen molar-refractivity contribution in [2.75, 3.05) is 19.5 Å². The number of carbonyl (C=O) groups is 1. The molecule has 0 saturated carbocycles. The van der Waals surface area contributed by atoms with Gasteiger partial charge in [-0.2, -0.15) is 0 Å². The molecule has 1 amide bonds. The molecule has 2 aromatic rings. The van der Waals surface area contributed by atoms with Crippen molar-refractivity contribution < 1.29 is 14.3 Å². The average Bonchev–Trinajstić information content (AvgIpc) is 2.50. The molecule has 0 fully saturated rings. The molecule has 0 spiro atoms. The molecule has 0 unspecified atom stereocenters. The second-order valence-corrected chi connectivity index (χ2v) is 5.47. The Kier molecular flexibility index (Phi) is 5.09. The lowest BCUT2D eigenvalue weighted by atomic mass is 10.1. The maximum Gasteiger partial charge on any atom is 0.259 e. The fourth-order valence-electron chi connectivity index (χ4n) is 1.77. The van der Waals surface area contributed by atoms with E-state index in [2.05, 4.69) is 21.2 Å². The van der Waals surface area contributed by atoms with Crippen molar-refractivity contribution in [1.29, 1.82) is 0 Å². The summed E-state index contributed by atoms with van der Waals surface area (Å²) < 4.78 is 11.1. The van der Waals surface area contributed by atoms with Crippen molar-refractivity contribution in [1.82, 2.24) is 0 Å². The molecule has 0 aromatic heterocycles. The number of methoxy groups -OCH3 is 2. The first-order chi connectivity index (χ1) is 10.0. The average molecular weight is 371 g/mol. The number of hydrogen-bond donors (Lipinski definition) is 1. The van der Waals surface area contributed by atoms with E-state index in [1.165, 1.54) is 14.2 Å². The summed E-state index contributed by atoms with van der Waals surface area (Å²) in [5.41, 5.74) is 0.883. The number of carbonyl (C=O) groups excluding carboxylic acids is 1. The third-order valence-electron chi connectivity index (χ3n) is 2.83. The van der Waals surface area contributed by atoms with Crippen molar-refractivity contribution >= 4 is 39.1 Å². The van der Waals surface area contributed by atoms with Gasteiger partial charge >= 0.3 is 0 Å². The molecule has 6 heteroatoms. The molecule has 0 aliphatic rings. The standard InChI is InChI=1S/C15H13BrClNO3/c1-20-10-4-6-14(21-2)11(8-10)15(19)18-13-7-9(16)3-5-12(13)17/h3-8H,1-2H3,(H,18,19). The van der Waals surface area contributed by atoms with Gasteiger partial charge in [0.15, 0.2) is 0 Å². The summed E-state index contributed by atoms with van der Waals surface area (Å²) >= 11 is 9.41. The van der Waals surface area contributed by atoms with Crippen LogP contribution in [0.2, 0.25) is 5.02 Å². The minimum absolute atomic E-state index is 0.328. The highest BCUT2D eigenvalue weighted by atomic mass is 79.9.